The SMILES string of the molecule is O=S(=O)(O)c1c(C2CCCCC2)cc(CCCC2CCCCC2)cc1C1CCCCC1. The Morgan fingerprint density at radius 2 is 1.16 bits per heavy atom. The number of hydrogen-bond donors (Lipinski definition) is 1. The van der Waals surface area contributed by atoms with Crippen LogP contribution in [0.3, 0.4) is 0 Å². The van der Waals surface area contributed by atoms with Crippen LogP contribution in [0.25, 0.3) is 0 Å². The minimum Gasteiger partial charge on any atom is -0.282 e. The Hall–Kier alpha value is -0.870. The van der Waals surface area contributed by atoms with E-state index in [9.17, 15) is 13.0 Å². The number of rotatable bonds is 7. The zero-order chi connectivity index (χ0) is 21.7. The second-order valence-corrected chi connectivity index (χ2v) is 12.0. The molecule has 31 heavy (non-hydrogen) atoms. The first kappa shape index (κ1) is 23.3. The molecule has 3 nitrogen and oxygen atoms in total. The van der Waals surface area contributed by atoms with Crippen LogP contribution in [-0.4, -0.2) is 13.0 Å². The summed E-state index contributed by atoms with van der Waals surface area (Å²) in [6, 6.07) is 4.35. The molecular formula is C27H42O3S. The fraction of sp³-hybridized carbons (Fsp3) is 0.778. The lowest BCUT2D eigenvalue weighted by atomic mass is 9.78. The van der Waals surface area contributed by atoms with E-state index in [1.54, 1.807) is 0 Å². The largest absolute Gasteiger partial charge is 0.295 e. The highest BCUT2D eigenvalue weighted by Crippen LogP contribution is 2.43. The highest BCUT2D eigenvalue weighted by Gasteiger charge is 2.31. The highest BCUT2D eigenvalue weighted by atomic mass is 32.2. The lowest BCUT2D eigenvalue weighted by Crippen LogP contribution is -2.17. The van der Waals surface area contributed by atoms with Crippen LogP contribution in [-0.2, 0) is 16.5 Å². The Morgan fingerprint density at radius 3 is 1.61 bits per heavy atom. The van der Waals surface area contributed by atoms with Crippen molar-refractivity contribution >= 4 is 10.1 Å². The molecule has 4 rings (SSSR count). The van der Waals surface area contributed by atoms with Gasteiger partial charge in [-0.2, -0.15) is 8.42 Å². The van der Waals surface area contributed by atoms with Crippen LogP contribution in [0.15, 0.2) is 17.0 Å². The van der Waals surface area contributed by atoms with E-state index in [2.05, 4.69) is 12.1 Å². The third-order valence-corrected chi connectivity index (χ3v) is 9.34. The van der Waals surface area contributed by atoms with Crippen LogP contribution in [0.2, 0.25) is 0 Å². The van der Waals surface area contributed by atoms with Crippen molar-refractivity contribution in [2.45, 2.75) is 132 Å². The smallest absolute Gasteiger partial charge is 0.282 e. The summed E-state index contributed by atoms with van der Waals surface area (Å²) in [7, 11) is -4.22. The summed E-state index contributed by atoms with van der Waals surface area (Å²) in [5, 5.41) is 0. The standard InChI is InChI=1S/C27H42O3S/c28-31(29,30)27-25(23-15-6-2-7-16-23)19-22(14-10-13-21-11-4-1-5-12-21)20-26(27)24-17-8-3-9-18-24/h19-21,23-24H,1-18H2,(H,28,29,30). The van der Waals surface area contributed by atoms with Crippen molar-refractivity contribution in [2.24, 2.45) is 5.92 Å². The molecule has 0 aromatic heterocycles. The summed E-state index contributed by atoms with van der Waals surface area (Å²) in [5.74, 6) is 1.46. The minimum atomic E-state index is -4.22. The average molecular weight is 447 g/mol. The van der Waals surface area contributed by atoms with E-state index in [0.717, 1.165) is 49.1 Å². The van der Waals surface area contributed by atoms with Gasteiger partial charge >= 0.3 is 0 Å². The van der Waals surface area contributed by atoms with E-state index in [1.807, 2.05) is 0 Å². The monoisotopic (exact) mass is 446 g/mol. The topological polar surface area (TPSA) is 54.4 Å². The molecule has 3 saturated carbocycles. The lowest BCUT2D eigenvalue weighted by molar-refractivity contribution is 0.332. The maximum Gasteiger partial charge on any atom is 0.295 e. The van der Waals surface area contributed by atoms with Crippen molar-refractivity contribution in [1.82, 2.24) is 0 Å². The van der Waals surface area contributed by atoms with Crippen LogP contribution < -0.4 is 0 Å². The van der Waals surface area contributed by atoms with Gasteiger partial charge in [0.25, 0.3) is 10.1 Å². The molecule has 0 bridgehead atoms. The van der Waals surface area contributed by atoms with E-state index in [-0.39, 0.29) is 11.8 Å². The summed E-state index contributed by atoms with van der Waals surface area (Å²) in [6.45, 7) is 0. The van der Waals surface area contributed by atoms with Gasteiger partial charge in [-0.05, 0) is 73.0 Å². The second kappa shape index (κ2) is 10.8. The molecule has 0 aliphatic heterocycles. The molecule has 0 radical (unpaired) electrons. The molecule has 3 aliphatic carbocycles. The molecule has 174 valence electrons. The maximum absolute atomic E-state index is 12.6. The number of aryl methyl sites for hydroxylation is 1. The van der Waals surface area contributed by atoms with Crippen LogP contribution in [0.4, 0.5) is 0 Å². The van der Waals surface area contributed by atoms with E-state index >= 15 is 0 Å². The van der Waals surface area contributed by atoms with Crippen LogP contribution >= 0.6 is 0 Å². The highest BCUT2D eigenvalue weighted by molar-refractivity contribution is 7.86. The van der Waals surface area contributed by atoms with E-state index in [1.165, 1.54) is 89.0 Å². The Balaban J connectivity index is 1.64. The number of benzene rings is 1. The zero-order valence-corrected chi connectivity index (χ0v) is 20.1. The fourth-order valence-corrected chi connectivity index (χ4v) is 7.73. The van der Waals surface area contributed by atoms with Gasteiger partial charge in [-0.1, -0.05) is 89.2 Å². The van der Waals surface area contributed by atoms with Gasteiger partial charge in [0.15, 0.2) is 0 Å². The van der Waals surface area contributed by atoms with Gasteiger partial charge in [-0.25, -0.2) is 0 Å². The molecule has 0 atom stereocenters. The minimum absolute atomic E-state index is 0.284. The molecule has 0 heterocycles. The quantitative estimate of drug-likeness (QED) is 0.433. The normalized spacial score (nSPS) is 22.6. The van der Waals surface area contributed by atoms with Crippen molar-refractivity contribution in [1.29, 1.82) is 0 Å². The van der Waals surface area contributed by atoms with E-state index in [4.69, 9.17) is 0 Å². The van der Waals surface area contributed by atoms with Crippen molar-refractivity contribution in [3.05, 3.63) is 28.8 Å². The van der Waals surface area contributed by atoms with Gasteiger partial charge in [-0.3, -0.25) is 4.55 Å². The summed E-state index contributed by atoms with van der Waals surface area (Å²) in [5.41, 5.74) is 3.19. The van der Waals surface area contributed by atoms with Crippen LogP contribution in [0.5, 0.6) is 0 Å². The third kappa shape index (κ3) is 6.13. The summed E-state index contributed by atoms with van der Waals surface area (Å²) >= 11 is 0. The maximum atomic E-state index is 12.6. The summed E-state index contributed by atoms with van der Waals surface area (Å²) in [6.07, 6.45) is 21.9. The average Bonchev–Trinajstić information content (AvgIpc) is 2.80. The van der Waals surface area contributed by atoms with Crippen molar-refractivity contribution < 1.29 is 13.0 Å². The molecule has 0 unspecified atom stereocenters. The van der Waals surface area contributed by atoms with Gasteiger partial charge in [0, 0.05) is 0 Å². The lowest BCUT2D eigenvalue weighted by Gasteiger charge is -2.29. The van der Waals surface area contributed by atoms with Crippen molar-refractivity contribution in [3.8, 4) is 0 Å². The molecule has 3 fully saturated rings. The van der Waals surface area contributed by atoms with E-state index < -0.39 is 10.1 Å². The molecule has 0 amide bonds. The summed E-state index contributed by atoms with van der Waals surface area (Å²) in [4.78, 5) is 0.294. The predicted octanol–water partition coefficient (Wildman–Crippen LogP) is 7.93. The van der Waals surface area contributed by atoms with Gasteiger partial charge in [-0.15, -0.1) is 0 Å². The Kier molecular flexibility index (Phi) is 8.14. The number of hydrogen-bond acceptors (Lipinski definition) is 2. The first-order valence-corrected chi connectivity index (χ1v) is 14.6. The fourth-order valence-electron chi connectivity index (χ4n) is 6.69. The van der Waals surface area contributed by atoms with Gasteiger partial charge < -0.3 is 0 Å². The first-order valence-electron chi connectivity index (χ1n) is 13.2. The molecular weight excluding hydrogens is 404 g/mol. The molecule has 1 N–H and O–H groups in total. The zero-order valence-electron chi connectivity index (χ0n) is 19.3. The van der Waals surface area contributed by atoms with Gasteiger partial charge in [0.05, 0.1) is 0 Å². The van der Waals surface area contributed by atoms with Gasteiger partial charge in [0.2, 0.25) is 0 Å². The molecule has 0 saturated heterocycles. The molecule has 0 spiro atoms. The Morgan fingerprint density at radius 1 is 0.710 bits per heavy atom. The van der Waals surface area contributed by atoms with Crippen LogP contribution in [0.1, 0.15) is 138 Å². The third-order valence-electron chi connectivity index (χ3n) is 8.36. The van der Waals surface area contributed by atoms with Gasteiger partial charge in [0.1, 0.15) is 4.90 Å². The van der Waals surface area contributed by atoms with E-state index in [0.29, 0.717) is 4.90 Å². The second-order valence-electron chi connectivity index (χ2n) is 10.6. The Labute approximate surface area is 190 Å². The van der Waals surface area contributed by atoms with Crippen molar-refractivity contribution in [3.63, 3.8) is 0 Å². The van der Waals surface area contributed by atoms with Crippen LogP contribution in [0, 0.1) is 5.92 Å². The first-order chi connectivity index (χ1) is 15.0. The Bertz CT molecular complexity index is 772. The molecule has 1 aromatic rings. The molecule has 1 aromatic carbocycles. The summed E-state index contributed by atoms with van der Waals surface area (Å²) < 4.78 is 35.6. The molecule has 3 aliphatic rings. The predicted molar refractivity (Wildman–Crippen MR) is 127 cm³/mol. The molecule has 4 heteroatoms. The van der Waals surface area contributed by atoms with Crippen molar-refractivity contribution in [2.75, 3.05) is 0 Å².